The van der Waals surface area contributed by atoms with Gasteiger partial charge in [0.1, 0.15) is 0 Å². The number of anilines is 3. The van der Waals surface area contributed by atoms with E-state index < -0.39 is 0 Å². The van der Waals surface area contributed by atoms with Gasteiger partial charge in [-0.3, -0.25) is 0 Å². The SMILES string of the molecule is Nc1cccc2cccc(N/C=C/C=[NH+]c3cccc4cccc(N)c34)c12. The number of fused-ring (bicyclic) bond motifs is 2. The molecule has 0 atom stereocenters. The van der Waals surface area contributed by atoms with E-state index in [1.165, 1.54) is 0 Å². The van der Waals surface area contributed by atoms with Crippen molar-refractivity contribution in [2.75, 3.05) is 16.8 Å². The van der Waals surface area contributed by atoms with Gasteiger partial charge in [-0.25, -0.2) is 4.99 Å². The number of allylic oxidation sites excluding steroid dienone is 1. The van der Waals surface area contributed by atoms with Crippen LogP contribution in [0, 0.1) is 0 Å². The van der Waals surface area contributed by atoms with Crippen LogP contribution in [0.1, 0.15) is 0 Å². The van der Waals surface area contributed by atoms with Gasteiger partial charge >= 0.3 is 0 Å². The number of hydrogen-bond acceptors (Lipinski definition) is 3. The zero-order valence-electron chi connectivity index (χ0n) is 14.8. The van der Waals surface area contributed by atoms with E-state index >= 15 is 0 Å². The van der Waals surface area contributed by atoms with E-state index in [0.717, 1.165) is 44.3 Å². The Morgan fingerprint density at radius 1 is 0.704 bits per heavy atom. The second-order valence-electron chi connectivity index (χ2n) is 6.32. The molecule has 132 valence electrons. The maximum Gasteiger partial charge on any atom is 0.213 e. The number of nitrogens with one attached hydrogen (secondary N) is 2. The van der Waals surface area contributed by atoms with Crippen LogP contribution in [0.2, 0.25) is 0 Å². The van der Waals surface area contributed by atoms with E-state index in [-0.39, 0.29) is 0 Å². The summed E-state index contributed by atoms with van der Waals surface area (Å²) < 4.78 is 0. The fourth-order valence-corrected chi connectivity index (χ4v) is 3.30. The lowest BCUT2D eigenvalue weighted by Crippen LogP contribution is -2.61. The molecule has 0 fully saturated rings. The maximum atomic E-state index is 6.13. The van der Waals surface area contributed by atoms with Gasteiger partial charge in [0.2, 0.25) is 5.69 Å². The predicted molar refractivity (Wildman–Crippen MR) is 116 cm³/mol. The van der Waals surface area contributed by atoms with Gasteiger partial charge in [-0.05, 0) is 29.0 Å². The van der Waals surface area contributed by atoms with Crippen molar-refractivity contribution >= 4 is 50.5 Å². The Morgan fingerprint density at radius 2 is 1.30 bits per heavy atom. The van der Waals surface area contributed by atoms with Crippen LogP contribution in [0.25, 0.3) is 21.5 Å². The van der Waals surface area contributed by atoms with E-state index in [1.807, 2.05) is 67.0 Å². The molecule has 4 aromatic rings. The predicted octanol–water partition coefficient (Wildman–Crippen LogP) is 3.57. The highest BCUT2D eigenvalue weighted by molar-refractivity contribution is 6.02. The summed E-state index contributed by atoms with van der Waals surface area (Å²) in [6.45, 7) is 0. The highest BCUT2D eigenvalue weighted by Crippen LogP contribution is 2.28. The molecular weight excluding hydrogens is 332 g/mol. The van der Waals surface area contributed by atoms with Crippen molar-refractivity contribution in [1.82, 2.24) is 0 Å². The molecule has 0 aliphatic heterocycles. The van der Waals surface area contributed by atoms with Crippen molar-refractivity contribution in [3.63, 3.8) is 0 Å². The van der Waals surface area contributed by atoms with Crippen LogP contribution >= 0.6 is 0 Å². The summed E-state index contributed by atoms with van der Waals surface area (Å²) in [5.74, 6) is 0. The Labute approximate surface area is 157 Å². The van der Waals surface area contributed by atoms with Gasteiger partial charge in [-0.1, -0.05) is 48.5 Å². The van der Waals surface area contributed by atoms with E-state index in [1.54, 1.807) is 0 Å². The van der Waals surface area contributed by atoms with Gasteiger partial charge in [-0.15, -0.1) is 0 Å². The van der Waals surface area contributed by atoms with Crippen LogP contribution in [0.5, 0.6) is 0 Å². The molecule has 0 amide bonds. The lowest BCUT2D eigenvalue weighted by Gasteiger charge is -2.08. The van der Waals surface area contributed by atoms with Gasteiger partial charge in [-0.2, -0.15) is 0 Å². The van der Waals surface area contributed by atoms with Crippen molar-refractivity contribution in [2.24, 2.45) is 0 Å². The molecule has 0 aromatic heterocycles. The van der Waals surface area contributed by atoms with Gasteiger partial charge in [0.15, 0.2) is 6.21 Å². The molecule has 0 unspecified atom stereocenters. The number of benzene rings is 4. The van der Waals surface area contributed by atoms with Gasteiger partial charge < -0.3 is 16.8 Å². The molecule has 4 aromatic carbocycles. The van der Waals surface area contributed by atoms with Gasteiger partial charge in [0.05, 0.1) is 5.39 Å². The van der Waals surface area contributed by atoms with Crippen LogP contribution in [0.15, 0.2) is 85.1 Å². The van der Waals surface area contributed by atoms with Crippen molar-refractivity contribution in [3.8, 4) is 0 Å². The summed E-state index contributed by atoms with van der Waals surface area (Å²) in [6.07, 6.45) is 5.67. The Morgan fingerprint density at radius 3 is 2.04 bits per heavy atom. The zero-order chi connectivity index (χ0) is 18.6. The molecule has 4 nitrogen and oxygen atoms in total. The second kappa shape index (κ2) is 7.22. The summed E-state index contributed by atoms with van der Waals surface area (Å²) in [6, 6.07) is 24.0. The van der Waals surface area contributed by atoms with Gasteiger partial charge in [0, 0.05) is 40.8 Å². The summed E-state index contributed by atoms with van der Waals surface area (Å²) in [4.78, 5) is 3.31. The molecule has 0 aliphatic rings. The zero-order valence-corrected chi connectivity index (χ0v) is 14.8. The fraction of sp³-hybridized carbons (Fsp3) is 0. The highest BCUT2D eigenvalue weighted by atomic mass is 14.8. The average Bonchev–Trinajstić information content (AvgIpc) is 2.68. The minimum Gasteiger partial charge on any atom is -0.398 e. The van der Waals surface area contributed by atoms with Crippen LogP contribution in [0.4, 0.5) is 22.7 Å². The monoisotopic (exact) mass is 353 g/mol. The standard InChI is InChI=1S/C23H20N4/c24-18-10-1-6-16-8-3-12-20(22(16)18)26-14-5-15-27-21-13-4-9-17-7-2-11-19(25)23(17)21/h1-15,26H,24-25H2/p+1/b14-5+,27-15?. The van der Waals surface area contributed by atoms with Crippen LogP contribution in [-0.2, 0) is 0 Å². The molecular formula is C23H21N4+. The molecule has 6 N–H and O–H groups in total. The highest BCUT2D eigenvalue weighted by Gasteiger charge is 2.06. The lowest BCUT2D eigenvalue weighted by atomic mass is 10.1. The number of nitrogens with two attached hydrogens (primary N) is 2. The largest absolute Gasteiger partial charge is 0.398 e. The summed E-state index contributed by atoms with van der Waals surface area (Å²) in [5, 5.41) is 7.59. The van der Waals surface area contributed by atoms with E-state index in [2.05, 4.69) is 34.6 Å². The first-order valence-corrected chi connectivity index (χ1v) is 8.80. The van der Waals surface area contributed by atoms with E-state index in [4.69, 9.17) is 11.5 Å². The Kier molecular flexibility index (Phi) is 4.45. The summed E-state index contributed by atoms with van der Waals surface area (Å²) >= 11 is 0. The third kappa shape index (κ3) is 3.33. The van der Waals surface area contributed by atoms with Crippen molar-refractivity contribution < 1.29 is 4.99 Å². The first-order chi connectivity index (χ1) is 13.2. The number of nitrogen functional groups attached to an aromatic ring is 2. The first-order valence-electron chi connectivity index (χ1n) is 8.80. The Hall–Kier alpha value is -3.79. The Bertz CT molecular complexity index is 1170. The molecule has 0 saturated carbocycles. The summed E-state index contributed by atoms with van der Waals surface area (Å²) in [5.41, 5.74) is 15.7. The quantitative estimate of drug-likeness (QED) is 0.335. The fourth-order valence-electron chi connectivity index (χ4n) is 3.30. The lowest BCUT2D eigenvalue weighted by molar-refractivity contribution is -0.344. The topological polar surface area (TPSA) is 78.0 Å². The van der Waals surface area contributed by atoms with Gasteiger partial charge in [0.25, 0.3) is 0 Å². The normalized spacial score (nSPS) is 11.7. The van der Waals surface area contributed by atoms with Crippen molar-refractivity contribution in [2.45, 2.75) is 0 Å². The molecule has 0 spiro atoms. The molecule has 4 rings (SSSR count). The minimum absolute atomic E-state index is 0.761. The molecule has 0 aliphatic carbocycles. The molecule has 0 radical (unpaired) electrons. The smallest absolute Gasteiger partial charge is 0.213 e. The maximum absolute atomic E-state index is 6.13. The summed E-state index contributed by atoms with van der Waals surface area (Å²) in [7, 11) is 0. The second-order valence-corrected chi connectivity index (χ2v) is 6.32. The molecule has 27 heavy (non-hydrogen) atoms. The van der Waals surface area contributed by atoms with Crippen LogP contribution in [-0.4, -0.2) is 6.21 Å². The van der Waals surface area contributed by atoms with Crippen molar-refractivity contribution in [3.05, 3.63) is 85.1 Å². The molecule has 0 bridgehead atoms. The van der Waals surface area contributed by atoms with Crippen molar-refractivity contribution in [1.29, 1.82) is 0 Å². The first kappa shape index (κ1) is 16.7. The number of hydrogen-bond donors (Lipinski definition) is 4. The van der Waals surface area contributed by atoms with Crippen LogP contribution in [0.3, 0.4) is 0 Å². The number of rotatable bonds is 4. The minimum atomic E-state index is 0.761. The van der Waals surface area contributed by atoms with E-state index in [0.29, 0.717) is 0 Å². The third-order valence-electron chi connectivity index (χ3n) is 4.54. The molecule has 0 heterocycles. The van der Waals surface area contributed by atoms with E-state index in [9.17, 15) is 0 Å². The van der Waals surface area contributed by atoms with Crippen LogP contribution < -0.4 is 21.8 Å². The molecule has 0 saturated heterocycles. The molecule has 4 heteroatoms. The average molecular weight is 353 g/mol. The Balaban J connectivity index is 1.56. The third-order valence-corrected chi connectivity index (χ3v) is 4.54.